The van der Waals surface area contributed by atoms with E-state index in [9.17, 15) is 19.5 Å². The molecular weight excluding hydrogens is 438 g/mol. The number of hydrogen-bond donors (Lipinski definition) is 3. The average Bonchev–Trinajstić information content (AvgIpc) is 2.84. The topological polar surface area (TPSA) is 133 Å². The summed E-state index contributed by atoms with van der Waals surface area (Å²) in [5.74, 6) is -0.800. The van der Waals surface area contributed by atoms with Gasteiger partial charge in [-0.15, -0.1) is 0 Å². The number of carboxylic acids is 1. The number of hydrogen-bond acceptors (Lipinski definition) is 6. The molecule has 0 saturated carbocycles. The molecule has 3 aromatic rings. The Morgan fingerprint density at radius 3 is 2.59 bits per heavy atom. The van der Waals surface area contributed by atoms with E-state index in [2.05, 4.69) is 9.97 Å². The second-order valence-corrected chi connectivity index (χ2v) is 8.30. The largest absolute Gasteiger partial charge is 0.508 e. The van der Waals surface area contributed by atoms with Gasteiger partial charge >= 0.3 is 11.7 Å². The maximum absolute atomic E-state index is 12.5. The van der Waals surface area contributed by atoms with Crippen molar-refractivity contribution in [1.82, 2.24) is 14.9 Å². The number of benzene rings is 2. The van der Waals surface area contributed by atoms with Crippen LogP contribution < -0.4 is 10.4 Å². The zero-order valence-electron chi connectivity index (χ0n) is 18.7. The Morgan fingerprint density at radius 1 is 1.12 bits per heavy atom. The fourth-order valence-corrected chi connectivity index (χ4v) is 3.94. The van der Waals surface area contributed by atoms with Gasteiger partial charge in [0.1, 0.15) is 11.5 Å². The number of carbonyl (C=O) groups excluding carboxylic acids is 1. The molecule has 2 aromatic carbocycles. The minimum absolute atomic E-state index is 0.165. The summed E-state index contributed by atoms with van der Waals surface area (Å²) in [4.78, 5) is 44.2. The molecule has 0 spiro atoms. The van der Waals surface area contributed by atoms with Crippen LogP contribution in [-0.4, -0.2) is 56.7 Å². The highest BCUT2D eigenvalue weighted by Crippen LogP contribution is 2.27. The predicted octanol–water partition coefficient (Wildman–Crippen LogP) is 2.82. The number of nitrogens with one attached hydrogen (secondary N) is 1. The zero-order valence-corrected chi connectivity index (χ0v) is 18.7. The van der Waals surface area contributed by atoms with Gasteiger partial charge in [-0.3, -0.25) is 9.59 Å². The van der Waals surface area contributed by atoms with E-state index in [0.29, 0.717) is 54.2 Å². The first kappa shape index (κ1) is 23.0. The van der Waals surface area contributed by atoms with Crippen LogP contribution in [0.1, 0.15) is 18.4 Å². The molecule has 1 aromatic heterocycles. The molecule has 2 heterocycles. The number of phenols is 1. The van der Waals surface area contributed by atoms with E-state index in [1.54, 1.807) is 60.4 Å². The average molecular weight is 463 g/mol. The molecule has 1 aliphatic rings. The number of carboxylic acid groups (broad SMARTS) is 1. The molecule has 34 heavy (non-hydrogen) atoms. The van der Waals surface area contributed by atoms with E-state index in [4.69, 9.17) is 9.84 Å². The van der Waals surface area contributed by atoms with E-state index in [1.165, 1.54) is 0 Å². The number of aryl methyl sites for hydroxylation is 1. The van der Waals surface area contributed by atoms with E-state index < -0.39 is 17.6 Å². The molecular formula is C25H25N3O6. The lowest BCUT2D eigenvalue weighted by atomic mass is 9.97. The lowest BCUT2D eigenvalue weighted by Gasteiger charge is -2.30. The standard InChI is InChI=1S/C25H25N3O6/c1-15-11-18(5-6-22(15)29)21-13-20(26-25(33)27-21)17-3-2-4-19(12-17)34-14-23(30)28-9-7-16(8-10-28)24(31)32/h2-6,11-13,16,29H,7-10,14H2,1H3,(H,31,32)(H,26,27,33). The van der Waals surface area contributed by atoms with Crippen molar-refractivity contribution < 1.29 is 24.5 Å². The Labute approximate surface area is 195 Å². The third-order valence-corrected chi connectivity index (χ3v) is 5.94. The first-order chi connectivity index (χ1) is 16.3. The van der Waals surface area contributed by atoms with Crippen molar-refractivity contribution in [3.63, 3.8) is 0 Å². The fourth-order valence-electron chi connectivity index (χ4n) is 3.94. The number of H-pyrrole nitrogens is 1. The number of likely N-dealkylation sites (tertiary alicyclic amines) is 1. The Bertz CT molecular complexity index is 1280. The van der Waals surface area contributed by atoms with Crippen LogP contribution in [0.25, 0.3) is 22.5 Å². The van der Waals surface area contributed by atoms with Crippen LogP contribution in [0.5, 0.6) is 11.5 Å². The lowest BCUT2D eigenvalue weighted by Crippen LogP contribution is -2.42. The SMILES string of the molecule is Cc1cc(-c2cc(-c3cccc(OCC(=O)N4CCC(C(=O)O)CC4)c3)nc(=O)[nH]2)ccc1O. The van der Waals surface area contributed by atoms with Crippen LogP contribution in [0.15, 0.2) is 53.3 Å². The maximum atomic E-state index is 12.5. The third kappa shape index (κ3) is 5.25. The second kappa shape index (κ2) is 9.78. The number of aromatic amines is 1. The van der Waals surface area contributed by atoms with Crippen LogP contribution in [0.4, 0.5) is 0 Å². The number of phenolic OH excluding ortho intramolecular Hbond substituents is 1. The number of carbonyl (C=O) groups is 2. The normalized spacial score (nSPS) is 14.1. The Hall–Kier alpha value is -4.14. The van der Waals surface area contributed by atoms with Gasteiger partial charge in [0, 0.05) is 18.7 Å². The van der Waals surface area contributed by atoms with Crippen molar-refractivity contribution in [3.05, 3.63) is 64.6 Å². The molecule has 1 saturated heterocycles. The molecule has 0 aliphatic carbocycles. The number of aromatic nitrogens is 2. The number of rotatable bonds is 6. The molecule has 0 bridgehead atoms. The highest BCUT2D eigenvalue weighted by molar-refractivity contribution is 5.78. The molecule has 0 radical (unpaired) electrons. The van der Waals surface area contributed by atoms with Gasteiger partial charge in [-0.2, -0.15) is 4.98 Å². The van der Waals surface area contributed by atoms with Crippen LogP contribution in [0.3, 0.4) is 0 Å². The molecule has 1 fully saturated rings. The van der Waals surface area contributed by atoms with Crippen LogP contribution >= 0.6 is 0 Å². The summed E-state index contributed by atoms with van der Waals surface area (Å²) in [5.41, 5.74) is 2.56. The molecule has 4 rings (SSSR count). The molecule has 176 valence electrons. The van der Waals surface area contributed by atoms with Gasteiger partial charge in [-0.1, -0.05) is 12.1 Å². The Morgan fingerprint density at radius 2 is 1.88 bits per heavy atom. The zero-order chi connectivity index (χ0) is 24.2. The molecule has 1 amide bonds. The summed E-state index contributed by atoms with van der Waals surface area (Å²) in [7, 11) is 0. The number of nitrogens with zero attached hydrogens (tertiary/aromatic N) is 2. The van der Waals surface area contributed by atoms with Gasteiger partial charge in [0.15, 0.2) is 6.61 Å². The van der Waals surface area contributed by atoms with Gasteiger partial charge in [-0.05, 0) is 67.3 Å². The molecule has 3 N–H and O–H groups in total. The molecule has 9 nitrogen and oxygen atoms in total. The minimum Gasteiger partial charge on any atom is -0.508 e. The van der Waals surface area contributed by atoms with Gasteiger partial charge in [0.2, 0.25) is 0 Å². The first-order valence-corrected chi connectivity index (χ1v) is 11.0. The van der Waals surface area contributed by atoms with Crippen molar-refractivity contribution in [2.75, 3.05) is 19.7 Å². The van der Waals surface area contributed by atoms with Crippen molar-refractivity contribution in [1.29, 1.82) is 0 Å². The van der Waals surface area contributed by atoms with Gasteiger partial charge in [-0.25, -0.2) is 4.79 Å². The van der Waals surface area contributed by atoms with E-state index >= 15 is 0 Å². The van der Waals surface area contributed by atoms with Crippen LogP contribution in [-0.2, 0) is 9.59 Å². The summed E-state index contributed by atoms with van der Waals surface area (Å²) >= 11 is 0. The first-order valence-electron chi connectivity index (χ1n) is 11.0. The summed E-state index contributed by atoms with van der Waals surface area (Å²) < 4.78 is 5.68. The van der Waals surface area contributed by atoms with Crippen LogP contribution in [0.2, 0.25) is 0 Å². The smallest absolute Gasteiger partial charge is 0.345 e. The number of ether oxygens (including phenoxy) is 1. The van der Waals surface area contributed by atoms with E-state index in [1.807, 2.05) is 0 Å². The van der Waals surface area contributed by atoms with Crippen molar-refractivity contribution >= 4 is 11.9 Å². The summed E-state index contributed by atoms with van der Waals surface area (Å²) in [6, 6.07) is 13.8. The van der Waals surface area contributed by atoms with Gasteiger partial charge < -0.3 is 24.8 Å². The van der Waals surface area contributed by atoms with Crippen molar-refractivity contribution in [2.45, 2.75) is 19.8 Å². The number of piperidine rings is 1. The molecule has 9 heteroatoms. The highest BCUT2D eigenvalue weighted by Gasteiger charge is 2.27. The van der Waals surface area contributed by atoms with Crippen molar-refractivity contribution in [2.24, 2.45) is 5.92 Å². The third-order valence-electron chi connectivity index (χ3n) is 5.94. The van der Waals surface area contributed by atoms with Crippen molar-refractivity contribution in [3.8, 4) is 34.0 Å². The quantitative estimate of drug-likeness (QED) is 0.512. The number of amides is 1. The predicted molar refractivity (Wildman–Crippen MR) is 125 cm³/mol. The van der Waals surface area contributed by atoms with E-state index in [-0.39, 0.29) is 18.3 Å². The molecule has 1 aliphatic heterocycles. The van der Waals surface area contributed by atoms with E-state index in [0.717, 1.165) is 5.56 Å². The maximum Gasteiger partial charge on any atom is 0.345 e. The lowest BCUT2D eigenvalue weighted by molar-refractivity contribution is -0.146. The van der Waals surface area contributed by atoms with Gasteiger partial charge in [0.05, 0.1) is 17.3 Å². The monoisotopic (exact) mass is 463 g/mol. The fraction of sp³-hybridized carbons (Fsp3) is 0.280. The summed E-state index contributed by atoms with van der Waals surface area (Å²) in [6.45, 7) is 2.41. The number of aromatic hydroxyl groups is 1. The number of aliphatic carboxylic acids is 1. The van der Waals surface area contributed by atoms with Gasteiger partial charge in [0.25, 0.3) is 5.91 Å². The minimum atomic E-state index is -0.822. The molecule has 0 atom stereocenters. The van der Waals surface area contributed by atoms with Crippen LogP contribution in [0, 0.1) is 12.8 Å². The Balaban J connectivity index is 1.47. The summed E-state index contributed by atoms with van der Waals surface area (Å²) in [5, 5.41) is 18.9. The molecule has 0 unspecified atom stereocenters. The second-order valence-electron chi connectivity index (χ2n) is 8.30. The Kier molecular flexibility index (Phi) is 6.62. The highest BCUT2D eigenvalue weighted by atomic mass is 16.5. The summed E-state index contributed by atoms with van der Waals surface area (Å²) in [6.07, 6.45) is 0.876.